The Morgan fingerprint density at radius 3 is 2.82 bits per heavy atom. The number of fused-ring (bicyclic) bond motifs is 1. The van der Waals surface area contributed by atoms with Crippen molar-refractivity contribution >= 4 is 22.9 Å². The van der Waals surface area contributed by atoms with Crippen molar-refractivity contribution in [3.8, 4) is 6.01 Å². The number of carbonyl (C=O) groups excluding carboxylic acids is 1. The van der Waals surface area contributed by atoms with Gasteiger partial charge in [0.15, 0.2) is 5.65 Å². The second-order valence-corrected chi connectivity index (χ2v) is 8.45. The number of methoxy groups -OCH3 is 1. The Balaban J connectivity index is 1.52. The number of carbonyl (C=O) groups is 1. The quantitative estimate of drug-likeness (QED) is 0.414. The maximum Gasteiger partial charge on any atom is 0.322 e. The minimum Gasteiger partial charge on any atom is -0.458 e. The molecule has 2 atom stereocenters. The average molecular weight is 471 g/mol. The molecule has 3 N–H and O–H groups in total. The van der Waals surface area contributed by atoms with E-state index in [1.807, 2.05) is 24.0 Å². The summed E-state index contributed by atoms with van der Waals surface area (Å²) in [7, 11) is 1.58. The predicted octanol–water partition coefficient (Wildman–Crippen LogP) is 1.05. The fourth-order valence-electron chi connectivity index (χ4n) is 3.96. The summed E-state index contributed by atoms with van der Waals surface area (Å²) in [5, 5.41) is 20.5. The highest BCUT2D eigenvalue weighted by Crippen LogP contribution is 2.32. The molecule has 34 heavy (non-hydrogen) atoms. The summed E-state index contributed by atoms with van der Waals surface area (Å²) in [6.45, 7) is 5.05. The molecular formula is C22H30N8O4. The summed E-state index contributed by atoms with van der Waals surface area (Å²) < 4.78 is 10.9. The van der Waals surface area contributed by atoms with Crippen LogP contribution >= 0.6 is 0 Å². The van der Waals surface area contributed by atoms with Crippen LogP contribution in [0.3, 0.4) is 0 Å². The zero-order chi connectivity index (χ0) is 24.1. The molecule has 0 bridgehead atoms. The summed E-state index contributed by atoms with van der Waals surface area (Å²) in [5.74, 6) is 0.0984. The van der Waals surface area contributed by atoms with Crippen molar-refractivity contribution in [2.24, 2.45) is 0 Å². The number of H-pyrrole nitrogens is 1. The van der Waals surface area contributed by atoms with Gasteiger partial charge in [0.25, 0.3) is 5.91 Å². The third-order valence-electron chi connectivity index (χ3n) is 5.70. The first-order valence-corrected chi connectivity index (χ1v) is 11.4. The van der Waals surface area contributed by atoms with Gasteiger partial charge < -0.3 is 24.8 Å². The molecule has 1 aliphatic heterocycles. The van der Waals surface area contributed by atoms with Gasteiger partial charge in [0, 0.05) is 43.7 Å². The van der Waals surface area contributed by atoms with E-state index in [2.05, 4.69) is 35.5 Å². The van der Waals surface area contributed by atoms with E-state index in [0.717, 1.165) is 29.6 Å². The Bertz CT molecular complexity index is 1120. The summed E-state index contributed by atoms with van der Waals surface area (Å²) in [6.07, 6.45) is 3.13. The molecule has 1 fully saturated rings. The lowest BCUT2D eigenvalue weighted by Crippen LogP contribution is -2.38. The molecule has 0 spiro atoms. The van der Waals surface area contributed by atoms with Crippen LogP contribution in [0.15, 0.2) is 18.3 Å². The fraction of sp³-hybridized carbons (Fsp3) is 0.545. The Labute approximate surface area is 197 Å². The summed E-state index contributed by atoms with van der Waals surface area (Å²) in [5.41, 5.74) is 1.81. The van der Waals surface area contributed by atoms with Gasteiger partial charge in [-0.2, -0.15) is 20.1 Å². The first kappa shape index (κ1) is 23.8. The van der Waals surface area contributed by atoms with Crippen LogP contribution in [0.1, 0.15) is 48.9 Å². The van der Waals surface area contributed by atoms with Crippen LogP contribution < -0.4 is 15.0 Å². The van der Waals surface area contributed by atoms with Crippen LogP contribution in [0.4, 0.5) is 5.95 Å². The van der Waals surface area contributed by atoms with Gasteiger partial charge >= 0.3 is 6.01 Å². The summed E-state index contributed by atoms with van der Waals surface area (Å²) in [4.78, 5) is 32.1. The Hall–Kier alpha value is -3.38. The number of nitrogens with zero attached hydrogens (tertiary/aromatic N) is 6. The number of aliphatic hydroxyl groups excluding tert-OH is 1. The lowest BCUT2D eigenvalue weighted by molar-refractivity contribution is 0.0833. The number of rotatable bonds is 9. The van der Waals surface area contributed by atoms with E-state index in [-0.39, 0.29) is 30.5 Å². The normalized spacial score (nSPS) is 16.4. The zero-order valence-electron chi connectivity index (χ0n) is 19.6. The number of piperidine rings is 1. The second kappa shape index (κ2) is 10.7. The molecule has 1 amide bonds. The molecule has 1 aliphatic rings. The minimum atomic E-state index is -0.500. The van der Waals surface area contributed by atoms with E-state index >= 15 is 0 Å². The molecule has 0 saturated carbocycles. The first-order chi connectivity index (χ1) is 16.5. The number of hydrogen-bond acceptors (Lipinski definition) is 10. The lowest BCUT2D eigenvalue weighted by atomic mass is 9.92. The van der Waals surface area contributed by atoms with Crippen molar-refractivity contribution in [2.75, 3.05) is 38.3 Å². The Kier molecular flexibility index (Phi) is 7.48. The van der Waals surface area contributed by atoms with Crippen molar-refractivity contribution in [1.29, 1.82) is 0 Å². The largest absolute Gasteiger partial charge is 0.458 e. The molecule has 1 saturated heterocycles. The van der Waals surface area contributed by atoms with Crippen LogP contribution in [0, 0.1) is 0 Å². The first-order valence-electron chi connectivity index (χ1n) is 11.4. The summed E-state index contributed by atoms with van der Waals surface area (Å²) in [6, 6.07) is 3.57. The molecule has 12 heteroatoms. The van der Waals surface area contributed by atoms with Gasteiger partial charge in [0.2, 0.25) is 11.8 Å². The van der Waals surface area contributed by atoms with Gasteiger partial charge in [-0.1, -0.05) is 0 Å². The van der Waals surface area contributed by atoms with Gasteiger partial charge in [-0.25, -0.2) is 4.98 Å². The number of ether oxygens (including phenoxy) is 2. The molecule has 4 heterocycles. The predicted molar refractivity (Wildman–Crippen MR) is 124 cm³/mol. The van der Waals surface area contributed by atoms with E-state index < -0.39 is 11.9 Å². The maximum atomic E-state index is 12.7. The lowest BCUT2D eigenvalue weighted by Gasteiger charge is -2.31. The SMILES string of the molecule is COC[C@@H](C)Oc1nc(C(=O)N[C@H](C)CO)nc(N2CCC(c3n[nH]c4ncccc34)CC2)n1. The van der Waals surface area contributed by atoms with Crippen LogP contribution in [0.25, 0.3) is 11.0 Å². The second-order valence-electron chi connectivity index (χ2n) is 8.45. The molecule has 0 unspecified atom stereocenters. The number of aliphatic hydroxyl groups is 1. The summed E-state index contributed by atoms with van der Waals surface area (Å²) >= 11 is 0. The van der Waals surface area contributed by atoms with E-state index in [1.54, 1.807) is 20.2 Å². The Morgan fingerprint density at radius 2 is 2.09 bits per heavy atom. The van der Waals surface area contributed by atoms with Gasteiger partial charge in [-0.15, -0.1) is 0 Å². The monoisotopic (exact) mass is 470 g/mol. The van der Waals surface area contributed by atoms with Crippen LogP contribution in [-0.4, -0.2) is 86.7 Å². The highest BCUT2D eigenvalue weighted by Gasteiger charge is 2.27. The highest BCUT2D eigenvalue weighted by molar-refractivity contribution is 5.91. The molecule has 12 nitrogen and oxygen atoms in total. The number of anilines is 1. The van der Waals surface area contributed by atoms with E-state index in [0.29, 0.717) is 25.6 Å². The number of amides is 1. The average Bonchev–Trinajstić information content (AvgIpc) is 3.28. The number of nitrogens with one attached hydrogen (secondary N) is 2. The van der Waals surface area contributed by atoms with E-state index in [1.165, 1.54) is 0 Å². The highest BCUT2D eigenvalue weighted by atomic mass is 16.5. The molecule has 3 aromatic heterocycles. The van der Waals surface area contributed by atoms with Gasteiger partial charge in [-0.05, 0) is 38.8 Å². The molecule has 182 valence electrons. The third kappa shape index (κ3) is 5.39. The topological polar surface area (TPSA) is 151 Å². The molecule has 0 aliphatic carbocycles. The van der Waals surface area contributed by atoms with E-state index in [4.69, 9.17) is 9.47 Å². The minimum absolute atomic E-state index is 0.0582. The molecule has 3 aromatic rings. The van der Waals surface area contributed by atoms with Crippen molar-refractivity contribution in [3.05, 3.63) is 29.8 Å². The maximum absolute atomic E-state index is 12.7. The smallest absolute Gasteiger partial charge is 0.322 e. The van der Waals surface area contributed by atoms with Crippen molar-refractivity contribution in [2.45, 2.75) is 44.8 Å². The van der Waals surface area contributed by atoms with Crippen molar-refractivity contribution in [1.82, 2.24) is 35.5 Å². The number of aromatic nitrogens is 6. The van der Waals surface area contributed by atoms with Crippen LogP contribution in [0.2, 0.25) is 0 Å². The number of hydrogen-bond donors (Lipinski definition) is 3. The van der Waals surface area contributed by atoms with E-state index in [9.17, 15) is 9.90 Å². The van der Waals surface area contributed by atoms with Gasteiger partial charge in [-0.3, -0.25) is 9.89 Å². The van der Waals surface area contributed by atoms with Crippen molar-refractivity contribution < 1.29 is 19.4 Å². The van der Waals surface area contributed by atoms with Crippen molar-refractivity contribution in [3.63, 3.8) is 0 Å². The van der Waals surface area contributed by atoms with Gasteiger partial charge in [0.1, 0.15) is 6.10 Å². The van der Waals surface area contributed by atoms with Gasteiger partial charge in [0.05, 0.1) is 18.9 Å². The molecule has 4 rings (SSSR count). The Morgan fingerprint density at radius 1 is 1.29 bits per heavy atom. The number of pyridine rings is 1. The standard InChI is InChI=1S/C22H30N8O4/c1-13(11-31)24-20(32)19-25-21(27-22(26-19)34-14(2)12-33-3)30-9-6-15(7-10-30)17-16-5-4-8-23-18(16)29-28-17/h4-5,8,13-15,31H,6-7,9-12H2,1-3H3,(H,24,32)(H,23,28,29)/t13-,14-/m1/s1. The van der Waals surface area contributed by atoms with Crippen LogP contribution in [0.5, 0.6) is 6.01 Å². The number of aromatic amines is 1. The molecule has 0 radical (unpaired) electrons. The third-order valence-corrected chi connectivity index (χ3v) is 5.70. The molecular weight excluding hydrogens is 440 g/mol. The van der Waals surface area contributed by atoms with Crippen LogP contribution in [-0.2, 0) is 4.74 Å². The molecule has 0 aromatic carbocycles. The fourth-order valence-corrected chi connectivity index (χ4v) is 3.96. The zero-order valence-corrected chi connectivity index (χ0v) is 19.6.